The van der Waals surface area contributed by atoms with Crippen LogP contribution in [0.3, 0.4) is 0 Å². The van der Waals surface area contributed by atoms with E-state index in [-0.39, 0.29) is 16.3 Å². The molecular weight excluding hydrogens is 559 g/mol. The van der Waals surface area contributed by atoms with E-state index in [0.29, 0.717) is 46.0 Å². The van der Waals surface area contributed by atoms with E-state index in [4.69, 9.17) is 27.6 Å². The largest absolute Gasteiger partial charge is 0.455 e. The predicted molar refractivity (Wildman–Crippen MR) is 136 cm³/mol. The molecule has 3 aromatic rings. The predicted octanol–water partition coefficient (Wildman–Crippen LogP) is 5.20. The van der Waals surface area contributed by atoms with Crippen LogP contribution in [0, 0.1) is 6.92 Å². The number of halogens is 3. The van der Waals surface area contributed by atoms with Gasteiger partial charge in [0.15, 0.2) is 5.76 Å². The number of benzene rings is 2. The van der Waals surface area contributed by atoms with Crippen molar-refractivity contribution in [2.24, 2.45) is 5.10 Å². The first-order valence-corrected chi connectivity index (χ1v) is 12.1. The number of hydrogen-bond donors (Lipinski definition) is 3. The summed E-state index contributed by atoms with van der Waals surface area (Å²) in [5.74, 6) is -0.895. The van der Waals surface area contributed by atoms with Gasteiger partial charge in [-0.1, -0.05) is 39.1 Å². The Morgan fingerprint density at radius 2 is 1.69 bits per heavy atom. The SMILES string of the molecule is Cc1c(C(=O)NNC(=O)c2ccc(Br)cc2)oc2c1/C(=N/NC(=O)c1ccc(Cl)cc1Cl)CCC2. The van der Waals surface area contributed by atoms with E-state index in [9.17, 15) is 14.4 Å². The molecule has 0 spiro atoms. The molecule has 11 heteroatoms. The summed E-state index contributed by atoms with van der Waals surface area (Å²) >= 11 is 15.3. The van der Waals surface area contributed by atoms with Crippen molar-refractivity contribution in [2.45, 2.75) is 26.2 Å². The van der Waals surface area contributed by atoms with Crippen LogP contribution in [-0.2, 0) is 6.42 Å². The summed E-state index contributed by atoms with van der Waals surface area (Å²) in [6.45, 7) is 1.73. The Balaban J connectivity index is 1.48. The second-order valence-electron chi connectivity index (χ2n) is 7.75. The van der Waals surface area contributed by atoms with Gasteiger partial charge < -0.3 is 4.42 Å². The molecule has 0 unspecified atom stereocenters. The minimum Gasteiger partial charge on any atom is -0.455 e. The van der Waals surface area contributed by atoms with Gasteiger partial charge in [0.2, 0.25) is 0 Å². The van der Waals surface area contributed by atoms with E-state index >= 15 is 0 Å². The number of carbonyl (C=O) groups excluding carboxylic acids is 3. The first-order chi connectivity index (χ1) is 16.7. The van der Waals surface area contributed by atoms with Crippen molar-refractivity contribution >= 4 is 62.6 Å². The number of hydrazone groups is 1. The smallest absolute Gasteiger partial charge is 0.305 e. The Morgan fingerprint density at radius 3 is 2.40 bits per heavy atom. The van der Waals surface area contributed by atoms with E-state index in [1.165, 1.54) is 12.1 Å². The summed E-state index contributed by atoms with van der Waals surface area (Å²) in [6.07, 6.45) is 1.94. The fourth-order valence-corrected chi connectivity index (χ4v) is 4.45. The van der Waals surface area contributed by atoms with Crippen molar-refractivity contribution < 1.29 is 18.8 Å². The quantitative estimate of drug-likeness (QED) is 0.370. The second-order valence-corrected chi connectivity index (χ2v) is 9.51. The lowest BCUT2D eigenvalue weighted by Crippen LogP contribution is -2.41. The summed E-state index contributed by atoms with van der Waals surface area (Å²) in [4.78, 5) is 37.6. The number of furan rings is 1. The molecule has 180 valence electrons. The average molecular weight is 578 g/mol. The van der Waals surface area contributed by atoms with Gasteiger partial charge in [0.05, 0.1) is 16.3 Å². The molecule has 1 aliphatic carbocycles. The number of aryl methyl sites for hydroxylation is 1. The molecule has 1 heterocycles. The first kappa shape index (κ1) is 25.0. The number of rotatable bonds is 4. The minimum absolute atomic E-state index is 0.0628. The number of amides is 3. The molecule has 0 aliphatic heterocycles. The topological polar surface area (TPSA) is 113 Å². The summed E-state index contributed by atoms with van der Waals surface area (Å²) in [5.41, 5.74) is 9.72. The molecule has 4 rings (SSSR count). The van der Waals surface area contributed by atoms with Crippen LogP contribution in [0.5, 0.6) is 0 Å². The number of hydrogen-bond acceptors (Lipinski definition) is 5. The Morgan fingerprint density at radius 1 is 0.971 bits per heavy atom. The van der Waals surface area contributed by atoms with Crippen LogP contribution >= 0.6 is 39.1 Å². The maximum atomic E-state index is 12.7. The zero-order valence-electron chi connectivity index (χ0n) is 18.4. The summed E-state index contributed by atoms with van der Waals surface area (Å²) in [6, 6.07) is 11.2. The van der Waals surface area contributed by atoms with E-state index < -0.39 is 17.7 Å². The molecular formula is C24H19BrCl2N4O4. The summed E-state index contributed by atoms with van der Waals surface area (Å²) in [5, 5.41) is 4.91. The molecule has 1 aliphatic rings. The highest BCUT2D eigenvalue weighted by molar-refractivity contribution is 9.10. The highest BCUT2D eigenvalue weighted by Crippen LogP contribution is 2.30. The van der Waals surface area contributed by atoms with Crippen molar-refractivity contribution in [1.29, 1.82) is 0 Å². The molecule has 3 amide bonds. The molecule has 2 aromatic carbocycles. The van der Waals surface area contributed by atoms with Gasteiger partial charge in [0, 0.05) is 32.6 Å². The van der Waals surface area contributed by atoms with Crippen molar-refractivity contribution in [3.05, 3.63) is 90.8 Å². The lowest BCUT2D eigenvalue weighted by atomic mass is 9.93. The van der Waals surface area contributed by atoms with Crippen molar-refractivity contribution in [3.8, 4) is 0 Å². The van der Waals surface area contributed by atoms with E-state index in [1.807, 2.05) is 0 Å². The highest BCUT2D eigenvalue weighted by Gasteiger charge is 2.28. The normalized spacial score (nSPS) is 13.8. The molecule has 0 bridgehead atoms. The second kappa shape index (κ2) is 10.6. The molecule has 0 saturated heterocycles. The zero-order chi connectivity index (χ0) is 25.1. The average Bonchev–Trinajstić information content (AvgIpc) is 3.18. The van der Waals surface area contributed by atoms with Gasteiger partial charge in [-0.15, -0.1) is 0 Å². The Labute approximate surface area is 219 Å². The van der Waals surface area contributed by atoms with Crippen LogP contribution in [0.4, 0.5) is 0 Å². The van der Waals surface area contributed by atoms with Crippen LogP contribution in [0.15, 0.2) is 56.5 Å². The molecule has 0 atom stereocenters. The molecule has 35 heavy (non-hydrogen) atoms. The monoisotopic (exact) mass is 576 g/mol. The third-order valence-corrected chi connectivity index (χ3v) is 6.47. The van der Waals surface area contributed by atoms with Gasteiger partial charge >= 0.3 is 5.91 Å². The zero-order valence-corrected chi connectivity index (χ0v) is 21.5. The van der Waals surface area contributed by atoms with Gasteiger partial charge in [-0.2, -0.15) is 5.10 Å². The van der Waals surface area contributed by atoms with Gasteiger partial charge in [-0.3, -0.25) is 25.2 Å². The van der Waals surface area contributed by atoms with Gasteiger partial charge in [-0.05, 0) is 62.2 Å². The lowest BCUT2D eigenvalue weighted by Gasteiger charge is -2.13. The number of nitrogens with zero attached hydrogens (tertiary/aromatic N) is 1. The highest BCUT2D eigenvalue weighted by atomic mass is 79.9. The maximum Gasteiger partial charge on any atom is 0.305 e. The molecule has 0 radical (unpaired) electrons. The van der Waals surface area contributed by atoms with Gasteiger partial charge in [0.25, 0.3) is 11.8 Å². The van der Waals surface area contributed by atoms with Gasteiger partial charge in [-0.25, -0.2) is 5.43 Å². The van der Waals surface area contributed by atoms with Crippen molar-refractivity contribution in [3.63, 3.8) is 0 Å². The molecule has 1 aromatic heterocycles. The standard InChI is InChI=1S/C24H19BrCl2N4O4/c1-12-20-18(28-30-23(33)16-10-9-15(26)11-17(16)27)3-2-4-19(20)35-21(12)24(34)31-29-22(32)13-5-7-14(25)8-6-13/h5-11H,2-4H2,1H3,(H,29,32)(H,30,33)(H,31,34)/b28-18+. The van der Waals surface area contributed by atoms with E-state index in [0.717, 1.165) is 10.9 Å². The Hall–Kier alpha value is -3.14. The lowest BCUT2D eigenvalue weighted by molar-refractivity contribution is 0.0829. The third kappa shape index (κ3) is 5.58. The fraction of sp³-hybridized carbons (Fsp3) is 0.167. The molecule has 3 N–H and O–H groups in total. The number of fused-ring (bicyclic) bond motifs is 1. The fourth-order valence-electron chi connectivity index (χ4n) is 3.69. The van der Waals surface area contributed by atoms with Crippen LogP contribution in [0.1, 0.15) is 61.0 Å². The van der Waals surface area contributed by atoms with Crippen LogP contribution < -0.4 is 16.3 Å². The number of nitrogens with one attached hydrogen (secondary N) is 3. The van der Waals surface area contributed by atoms with Crippen LogP contribution in [-0.4, -0.2) is 23.4 Å². The van der Waals surface area contributed by atoms with Gasteiger partial charge in [0.1, 0.15) is 5.76 Å². The maximum absolute atomic E-state index is 12.7. The number of hydrazine groups is 1. The summed E-state index contributed by atoms with van der Waals surface area (Å²) < 4.78 is 6.64. The van der Waals surface area contributed by atoms with Crippen molar-refractivity contribution in [2.75, 3.05) is 0 Å². The Kier molecular flexibility index (Phi) is 7.59. The molecule has 8 nitrogen and oxygen atoms in total. The van der Waals surface area contributed by atoms with Crippen molar-refractivity contribution in [1.82, 2.24) is 16.3 Å². The third-order valence-electron chi connectivity index (χ3n) is 5.40. The number of carbonyl (C=O) groups is 3. The molecule has 0 fully saturated rings. The van der Waals surface area contributed by atoms with Crippen LogP contribution in [0.25, 0.3) is 0 Å². The first-order valence-electron chi connectivity index (χ1n) is 10.6. The van der Waals surface area contributed by atoms with E-state index in [1.54, 1.807) is 37.3 Å². The Bertz CT molecular complexity index is 1350. The summed E-state index contributed by atoms with van der Waals surface area (Å²) in [7, 11) is 0. The molecule has 0 saturated carbocycles. The minimum atomic E-state index is -0.598. The van der Waals surface area contributed by atoms with Crippen LogP contribution in [0.2, 0.25) is 10.0 Å². The van der Waals surface area contributed by atoms with E-state index in [2.05, 4.69) is 37.3 Å².